The van der Waals surface area contributed by atoms with Gasteiger partial charge < -0.3 is 14.7 Å². The molecule has 2 saturated heterocycles. The zero-order chi connectivity index (χ0) is 17.3. The zero-order valence-electron chi connectivity index (χ0n) is 14.2. The molecule has 2 fully saturated rings. The monoisotopic (exact) mass is 337 g/mol. The fraction of sp³-hybridized carbons (Fsp3) is 0.381. The molecule has 130 valence electrons. The predicted molar refractivity (Wildman–Crippen MR) is 95.7 cm³/mol. The molecule has 2 aromatic carbocycles. The lowest BCUT2D eigenvalue weighted by Gasteiger charge is -2.40. The molecule has 2 atom stereocenters. The summed E-state index contributed by atoms with van der Waals surface area (Å²) in [6, 6.07) is 17.1. The van der Waals surface area contributed by atoms with E-state index in [0.29, 0.717) is 18.0 Å². The van der Waals surface area contributed by atoms with Gasteiger partial charge in [0.05, 0.1) is 12.2 Å². The molecule has 4 nitrogen and oxygen atoms in total. The number of phenols is 1. The smallest absolute Gasteiger partial charge is 0.254 e. The number of carbonyl (C=O) groups is 1. The number of aromatic hydroxyl groups is 1. The highest BCUT2D eigenvalue weighted by Gasteiger charge is 2.44. The fourth-order valence-electron chi connectivity index (χ4n) is 4.16. The molecule has 0 saturated carbocycles. The first-order chi connectivity index (χ1) is 12.2. The molecule has 0 aliphatic carbocycles. The number of carbonyl (C=O) groups excluding carboxylic acids is 1. The van der Waals surface area contributed by atoms with E-state index in [2.05, 4.69) is 24.3 Å². The highest BCUT2D eigenvalue weighted by Crippen LogP contribution is 2.41. The van der Waals surface area contributed by atoms with E-state index in [1.165, 1.54) is 11.6 Å². The minimum atomic E-state index is -0.231. The lowest BCUT2D eigenvalue weighted by Crippen LogP contribution is -2.50. The Morgan fingerprint density at radius 2 is 2.00 bits per heavy atom. The first-order valence-electron chi connectivity index (χ1n) is 8.92. The topological polar surface area (TPSA) is 49.8 Å². The standard InChI is InChI=1S/C21H23NO3/c23-19-9-4-8-17(12-19)20(24)22-11-5-10-21(15-22)13-18(14-25-21)16-6-2-1-3-7-16/h1-4,6-9,12,18,23H,5,10-11,13-15H2. The number of rotatable bonds is 2. The molecule has 0 radical (unpaired) electrons. The molecule has 2 aromatic rings. The number of ether oxygens (including phenoxy) is 1. The summed E-state index contributed by atoms with van der Waals surface area (Å²) in [7, 11) is 0. The van der Waals surface area contributed by atoms with Crippen molar-refractivity contribution in [2.24, 2.45) is 0 Å². The Morgan fingerprint density at radius 1 is 1.16 bits per heavy atom. The molecule has 1 N–H and O–H groups in total. The van der Waals surface area contributed by atoms with E-state index in [0.717, 1.165) is 32.4 Å². The van der Waals surface area contributed by atoms with Gasteiger partial charge in [0.15, 0.2) is 0 Å². The highest BCUT2D eigenvalue weighted by molar-refractivity contribution is 5.94. The molecule has 25 heavy (non-hydrogen) atoms. The van der Waals surface area contributed by atoms with Crippen molar-refractivity contribution in [1.82, 2.24) is 4.90 Å². The first kappa shape index (κ1) is 16.2. The van der Waals surface area contributed by atoms with Crippen LogP contribution in [0.4, 0.5) is 0 Å². The summed E-state index contributed by atoms with van der Waals surface area (Å²) in [5.74, 6) is 0.498. The van der Waals surface area contributed by atoms with Crippen LogP contribution in [0.25, 0.3) is 0 Å². The van der Waals surface area contributed by atoms with E-state index in [1.54, 1.807) is 18.2 Å². The average Bonchev–Trinajstić information content (AvgIpc) is 3.05. The third-order valence-corrected chi connectivity index (χ3v) is 5.40. The van der Waals surface area contributed by atoms with Gasteiger partial charge in [-0.25, -0.2) is 0 Å². The van der Waals surface area contributed by atoms with Crippen molar-refractivity contribution in [3.05, 3.63) is 65.7 Å². The number of amides is 1. The molecular formula is C21H23NO3. The lowest BCUT2D eigenvalue weighted by atomic mass is 9.84. The van der Waals surface area contributed by atoms with Gasteiger partial charge >= 0.3 is 0 Å². The van der Waals surface area contributed by atoms with Crippen LogP contribution in [0.3, 0.4) is 0 Å². The zero-order valence-corrected chi connectivity index (χ0v) is 14.2. The lowest BCUT2D eigenvalue weighted by molar-refractivity contribution is -0.0447. The maximum absolute atomic E-state index is 12.8. The van der Waals surface area contributed by atoms with Gasteiger partial charge in [0.1, 0.15) is 5.75 Å². The van der Waals surface area contributed by atoms with E-state index in [-0.39, 0.29) is 17.3 Å². The largest absolute Gasteiger partial charge is 0.508 e. The van der Waals surface area contributed by atoms with E-state index in [4.69, 9.17) is 4.74 Å². The number of hydrogen-bond donors (Lipinski definition) is 1. The molecular weight excluding hydrogens is 314 g/mol. The Balaban J connectivity index is 1.49. The van der Waals surface area contributed by atoms with Crippen LogP contribution in [-0.4, -0.2) is 41.2 Å². The van der Waals surface area contributed by atoms with Crippen LogP contribution in [-0.2, 0) is 4.74 Å². The highest BCUT2D eigenvalue weighted by atomic mass is 16.5. The summed E-state index contributed by atoms with van der Waals surface area (Å²) in [4.78, 5) is 14.7. The SMILES string of the molecule is O=C(c1cccc(O)c1)N1CCCC2(CC(c3ccccc3)CO2)C1. The van der Waals surface area contributed by atoms with Gasteiger partial charge in [-0.05, 0) is 43.0 Å². The minimum absolute atomic E-state index is 0.0262. The summed E-state index contributed by atoms with van der Waals surface area (Å²) < 4.78 is 6.25. The summed E-state index contributed by atoms with van der Waals surface area (Å²) in [6.07, 6.45) is 2.91. The summed E-state index contributed by atoms with van der Waals surface area (Å²) >= 11 is 0. The minimum Gasteiger partial charge on any atom is -0.508 e. The van der Waals surface area contributed by atoms with E-state index < -0.39 is 0 Å². The molecule has 1 amide bonds. The van der Waals surface area contributed by atoms with Gasteiger partial charge in [-0.15, -0.1) is 0 Å². The van der Waals surface area contributed by atoms with Crippen LogP contribution < -0.4 is 0 Å². The van der Waals surface area contributed by atoms with Crippen LogP contribution in [0, 0.1) is 0 Å². The normalized spacial score (nSPS) is 26.1. The first-order valence-corrected chi connectivity index (χ1v) is 8.92. The number of phenolic OH excluding ortho intramolecular Hbond substituents is 1. The third kappa shape index (κ3) is 3.27. The van der Waals surface area contributed by atoms with Crippen LogP contribution in [0.2, 0.25) is 0 Å². The van der Waals surface area contributed by atoms with E-state index in [1.807, 2.05) is 11.0 Å². The summed E-state index contributed by atoms with van der Waals surface area (Å²) in [5, 5.41) is 9.63. The van der Waals surface area contributed by atoms with Crippen LogP contribution in [0.5, 0.6) is 5.75 Å². The average molecular weight is 337 g/mol. The number of hydrogen-bond acceptors (Lipinski definition) is 3. The second-order valence-corrected chi connectivity index (χ2v) is 7.19. The van der Waals surface area contributed by atoms with Gasteiger partial charge in [-0.2, -0.15) is 0 Å². The predicted octanol–water partition coefficient (Wildman–Crippen LogP) is 3.57. The Hall–Kier alpha value is -2.33. The Morgan fingerprint density at radius 3 is 2.80 bits per heavy atom. The maximum Gasteiger partial charge on any atom is 0.254 e. The van der Waals surface area contributed by atoms with Crippen molar-refractivity contribution in [2.75, 3.05) is 19.7 Å². The molecule has 2 heterocycles. The van der Waals surface area contributed by atoms with E-state index >= 15 is 0 Å². The van der Waals surface area contributed by atoms with Crippen LogP contribution in [0.15, 0.2) is 54.6 Å². The third-order valence-electron chi connectivity index (χ3n) is 5.40. The maximum atomic E-state index is 12.8. The van der Waals surface area contributed by atoms with Gasteiger partial charge in [0.25, 0.3) is 5.91 Å². The number of nitrogens with zero attached hydrogens (tertiary/aromatic N) is 1. The van der Waals surface area contributed by atoms with Crippen LogP contribution >= 0.6 is 0 Å². The van der Waals surface area contributed by atoms with Crippen molar-refractivity contribution < 1.29 is 14.6 Å². The van der Waals surface area contributed by atoms with Gasteiger partial charge in [0, 0.05) is 24.6 Å². The van der Waals surface area contributed by atoms with Crippen molar-refractivity contribution in [1.29, 1.82) is 0 Å². The molecule has 2 unspecified atom stereocenters. The van der Waals surface area contributed by atoms with Crippen molar-refractivity contribution in [3.63, 3.8) is 0 Å². The van der Waals surface area contributed by atoms with Gasteiger partial charge in [-0.1, -0.05) is 36.4 Å². The Bertz CT molecular complexity index is 761. The molecule has 2 aliphatic heterocycles. The van der Waals surface area contributed by atoms with Gasteiger partial charge in [-0.3, -0.25) is 4.79 Å². The summed E-state index contributed by atoms with van der Waals surface area (Å²) in [6.45, 7) is 2.10. The second-order valence-electron chi connectivity index (χ2n) is 7.19. The van der Waals surface area contributed by atoms with Gasteiger partial charge in [0.2, 0.25) is 0 Å². The second kappa shape index (κ2) is 6.52. The molecule has 4 heteroatoms. The van der Waals surface area contributed by atoms with E-state index in [9.17, 15) is 9.90 Å². The van der Waals surface area contributed by atoms with Crippen molar-refractivity contribution in [3.8, 4) is 5.75 Å². The van der Waals surface area contributed by atoms with Crippen molar-refractivity contribution in [2.45, 2.75) is 30.8 Å². The van der Waals surface area contributed by atoms with Crippen LogP contribution in [0.1, 0.15) is 41.1 Å². The Kier molecular flexibility index (Phi) is 4.22. The molecule has 0 bridgehead atoms. The quantitative estimate of drug-likeness (QED) is 0.911. The molecule has 4 rings (SSSR count). The molecule has 0 aromatic heterocycles. The van der Waals surface area contributed by atoms with Crippen molar-refractivity contribution >= 4 is 5.91 Å². The fourth-order valence-corrected chi connectivity index (χ4v) is 4.16. The number of likely N-dealkylation sites (tertiary alicyclic amines) is 1. The number of benzene rings is 2. The number of piperidine rings is 1. The summed E-state index contributed by atoms with van der Waals surface area (Å²) in [5.41, 5.74) is 1.62. The molecule has 1 spiro atoms. The molecule has 2 aliphatic rings. The Labute approximate surface area is 148 Å².